The second-order valence-corrected chi connectivity index (χ2v) is 5.39. The minimum Gasteiger partial charge on any atom is -0.395 e. The van der Waals surface area contributed by atoms with Crippen LogP contribution < -0.4 is 5.73 Å². The fourth-order valence-electron chi connectivity index (χ4n) is 2.48. The van der Waals surface area contributed by atoms with Crippen molar-refractivity contribution < 1.29 is 14.6 Å². The van der Waals surface area contributed by atoms with Gasteiger partial charge in [0.05, 0.1) is 23.6 Å². The summed E-state index contributed by atoms with van der Waals surface area (Å²) >= 11 is 5.19. The Hall–Kier alpha value is -0.720. The molecule has 0 heterocycles. The van der Waals surface area contributed by atoms with Gasteiger partial charge < -0.3 is 20.5 Å². The third-order valence-corrected chi connectivity index (χ3v) is 3.85. The zero-order chi connectivity index (χ0) is 15.6. The molecule has 3 N–H and O–H groups in total. The topological polar surface area (TPSA) is 75.8 Å². The molecule has 0 saturated carbocycles. The van der Waals surface area contributed by atoms with E-state index in [9.17, 15) is 4.79 Å². The van der Waals surface area contributed by atoms with Crippen LogP contribution in [0, 0.1) is 5.41 Å². The van der Waals surface area contributed by atoms with Crippen LogP contribution in [0.15, 0.2) is 0 Å². The van der Waals surface area contributed by atoms with Gasteiger partial charge in [0.25, 0.3) is 0 Å². The number of aliphatic hydroxyl groups is 1. The molecule has 0 fully saturated rings. The normalized spacial score (nSPS) is 11.4. The third kappa shape index (κ3) is 5.00. The van der Waals surface area contributed by atoms with Crippen LogP contribution in [0.4, 0.5) is 0 Å². The Morgan fingerprint density at radius 2 is 1.85 bits per heavy atom. The van der Waals surface area contributed by atoms with Crippen LogP contribution in [-0.2, 0) is 9.53 Å². The largest absolute Gasteiger partial charge is 0.395 e. The van der Waals surface area contributed by atoms with Gasteiger partial charge in [-0.15, -0.1) is 0 Å². The van der Waals surface area contributed by atoms with Gasteiger partial charge in [0.15, 0.2) is 0 Å². The van der Waals surface area contributed by atoms with E-state index in [1.165, 1.54) is 0 Å². The molecule has 0 bridgehead atoms. The van der Waals surface area contributed by atoms with Crippen LogP contribution in [-0.4, -0.2) is 54.3 Å². The zero-order valence-corrected chi connectivity index (χ0v) is 13.7. The van der Waals surface area contributed by atoms with Crippen LogP contribution in [0.1, 0.15) is 39.5 Å². The smallest absolute Gasteiger partial charge is 0.235 e. The van der Waals surface area contributed by atoms with Gasteiger partial charge in [-0.1, -0.05) is 38.9 Å². The number of ether oxygens (including phenoxy) is 1. The zero-order valence-electron chi connectivity index (χ0n) is 12.9. The molecule has 5 nitrogen and oxygen atoms in total. The molecule has 0 aliphatic rings. The summed E-state index contributed by atoms with van der Waals surface area (Å²) in [4.78, 5) is 14.7. The Balaban J connectivity index is 5.27. The SMILES string of the molecule is CCCC(CCC)(C(=O)N(CCO)CCOC)C(N)=S. The molecule has 1 amide bonds. The fraction of sp³-hybridized carbons (Fsp3) is 0.857. The first-order chi connectivity index (χ1) is 9.49. The Kier molecular flexibility index (Phi) is 9.71. The van der Waals surface area contributed by atoms with Gasteiger partial charge in [0, 0.05) is 20.2 Å². The standard InChI is InChI=1S/C14H28N2O3S/c1-4-6-14(7-5-2,12(15)20)13(18)16(8-10-17)9-11-19-3/h17H,4-11H2,1-3H3,(H2,15,20). The minimum atomic E-state index is -0.790. The van der Waals surface area contributed by atoms with Gasteiger partial charge in [0.1, 0.15) is 0 Å². The maximum Gasteiger partial charge on any atom is 0.235 e. The number of nitrogens with two attached hydrogens (primary N) is 1. The molecule has 0 unspecified atom stereocenters. The van der Waals surface area contributed by atoms with Crippen LogP contribution in [0.3, 0.4) is 0 Å². The molecule has 0 radical (unpaired) electrons. The van der Waals surface area contributed by atoms with E-state index in [0.29, 0.717) is 26.0 Å². The number of carbonyl (C=O) groups is 1. The van der Waals surface area contributed by atoms with Crippen molar-refractivity contribution in [2.45, 2.75) is 39.5 Å². The molecule has 0 saturated heterocycles. The van der Waals surface area contributed by atoms with Gasteiger partial charge in [-0.3, -0.25) is 4.79 Å². The summed E-state index contributed by atoms with van der Waals surface area (Å²) in [5.74, 6) is -0.0835. The van der Waals surface area contributed by atoms with Crippen molar-refractivity contribution in [2.75, 3.05) is 33.4 Å². The van der Waals surface area contributed by atoms with E-state index in [1.807, 2.05) is 13.8 Å². The van der Waals surface area contributed by atoms with E-state index in [0.717, 1.165) is 12.8 Å². The number of hydrogen-bond donors (Lipinski definition) is 2. The number of methoxy groups -OCH3 is 1. The maximum absolute atomic E-state index is 12.9. The molecule has 0 aromatic carbocycles. The van der Waals surface area contributed by atoms with Crippen molar-refractivity contribution in [1.29, 1.82) is 0 Å². The van der Waals surface area contributed by atoms with E-state index in [4.69, 9.17) is 27.8 Å². The number of rotatable bonds is 11. The van der Waals surface area contributed by atoms with Gasteiger partial charge in [-0.25, -0.2) is 0 Å². The minimum absolute atomic E-state index is 0.0822. The second-order valence-electron chi connectivity index (χ2n) is 4.95. The Labute approximate surface area is 127 Å². The Morgan fingerprint density at radius 1 is 1.30 bits per heavy atom. The average Bonchev–Trinajstić information content (AvgIpc) is 2.42. The first-order valence-electron chi connectivity index (χ1n) is 7.19. The molecule has 0 aromatic heterocycles. The summed E-state index contributed by atoms with van der Waals surface area (Å²) in [7, 11) is 1.58. The number of amides is 1. The summed E-state index contributed by atoms with van der Waals surface area (Å²) in [5.41, 5.74) is 5.11. The maximum atomic E-state index is 12.9. The molecular formula is C14H28N2O3S. The predicted octanol–water partition coefficient (Wildman–Crippen LogP) is 1.33. The van der Waals surface area contributed by atoms with E-state index in [-0.39, 0.29) is 24.0 Å². The summed E-state index contributed by atoms with van der Waals surface area (Å²) in [6.07, 6.45) is 2.95. The molecular weight excluding hydrogens is 276 g/mol. The predicted molar refractivity (Wildman–Crippen MR) is 84.6 cm³/mol. The molecule has 0 aliphatic heterocycles. The molecule has 0 aliphatic carbocycles. The first kappa shape index (κ1) is 19.3. The molecule has 6 heteroatoms. The summed E-state index contributed by atoms with van der Waals surface area (Å²) in [6.45, 7) is 5.09. The monoisotopic (exact) mass is 304 g/mol. The lowest BCUT2D eigenvalue weighted by Gasteiger charge is -2.36. The van der Waals surface area contributed by atoms with Gasteiger partial charge in [-0.2, -0.15) is 0 Å². The van der Waals surface area contributed by atoms with Crippen LogP contribution in [0.5, 0.6) is 0 Å². The second kappa shape index (κ2) is 10.1. The van der Waals surface area contributed by atoms with Gasteiger partial charge in [-0.05, 0) is 12.8 Å². The lowest BCUT2D eigenvalue weighted by Crippen LogP contribution is -2.52. The fourth-order valence-corrected chi connectivity index (χ4v) is 2.78. The molecule has 0 rings (SSSR count). The van der Waals surface area contributed by atoms with Crippen molar-refractivity contribution in [1.82, 2.24) is 4.90 Å². The summed E-state index contributed by atoms with van der Waals surface area (Å²) in [5, 5.41) is 9.15. The van der Waals surface area contributed by atoms with Crippen LogP contribution >= 0.6 is 12.2 Å². The Morgan fingerprint density at radius 3 is 2.20 bits per heavy atom. The summed E-state index contributed by atoms with van der Waals surface area (Å²) < 4.78 is 5.02. The molecule has 118 valence electrons. The van der Waals surface area contributed by atoms with Crippen LogP contribution in [0.25, 0.3) is 0 Å². The van der Waals surface area contributed by atoms with E-state index < -0.39 is 5.41 Å². The van der Waals surface area contributed by atoms with Gasteiger partial charge >= 0.3 is 0 Å². The molecule has 20 heavy (non-hydrogen) atoms. The molecule has 0 spiro atoms. The number of thiocarbonyl (C=S) groups is 1. The van der Waals surface area contributed by atoms with E-state index in [2.05, 4.69) is 0 Å². The van der Waals surface area contributed by atoms with Crippen molar-refractivity contribution in [3.63, 3.8) is 0 Å². The number of nitrogens with zero attached hydrogens (tertiary/aromatic N) is 1. The number of aliphatic hydroxyl groups excluding tert-OH is 1. The molecule has 0 aromatic rings. The van der Waals surface area contributed by atoms with Crippen molar-refractivity contribution >= 4 is 23.1 Å². The Bertz CT molecular complexity index is 305. The average molecular weight is 304 g/mol. The third-order valence-electron chi connectivity index (χ3n) is 3.46. The highest BCUT2D eigenvalue weighted by Crippen LogP contribution is 2.33. The highest BCUT2D eigenvalue weighted by Gasteiger charge is 2.42. The number of hydrogen-bond acceptors (Lipinski definition) is 4. The lowest BCUT2D eigenvalue weighted by atomic mass is 9.77. The van der Waals surface area contributed by atoms with Crippen molar-refractivity contribution in [3.05, 3.63) is 0 Å². The van der Waals surface area contributed by atoms with Gasteiger partial charge in [0.2, 0.25) is 5.91 Å². The van der Waals surface area contributed by atoms with E-state index in [1.54, 1.807) is 12.0 Å². The lowest BCUT2D eigenvalue weighted by molar-refractivity contribution is -0.140. The van der Waals surface area contributed by atoms with E-state index >= 15 is 0 Å². The van der Waals surface area contributed by atoms with Crippen molar-refractivity contribution in [2.24, 2.45) is 11.1 Å². The summed E-state index contributed by atoms with van der Waals surface area (Å²) in [6, 6.07) is 0. The molecule has 0 atom stereocenters. The number of carbonyl (C=O) groups excluding carboxylic acids is 1. The quantitative estimate of drug-likeness (QED) is 0.563. The first-order valence-corrected chi connectivity index (χ1v) is 7.60. The highest BCUT2D eigenvalue weighted by molar-refractivity contribution is 7.80. The highest BCUT2D eigenvalue weighted by atomic mass is 32.1. The van der Waals surface area contributed by atoms with Crippen molar-refractivity contribution in [3.8, 4) is 0 Å². The van der Waals surface area contributed by atoms with Crippen LogP contribution in [0.2, 0.25) is 0 Å².